The molecule has 1 atom stereocenters. The summed E-state index contributed by atoms with van der Waals surface area (Å²) >= 11 is 0. The van der Waals surface area contributed by atoms with E-state index in [-0.39, 0.29) is 12.2 Å². The molecule has 4 N–H and O–H groups in total. The zero-order valence-electron chi connectivity index (χ0n) is 21.6. The number of esters is 1. The molecule has 0 fully saturated rings. The fourth-order valence-corrected chi connectivity index (χ4v) is 2.78. The summed E-state index contributed by atoms with van der Waals surface area (Å²) in [6.45, 7) is 12.4. The third kappa shape index (κ3) is 33.8. The molecule has 0 radical (unpaired) electrons. The Morgan fingerprint density at radius 3 is 1.57 bits per heavy atom. The summed E-state index contributed by atoms with van der Waals surface area (Å²) in [5.41, 5.74) is 0.149. The molecular weight excluding hydrogens is 452 g/mol. The van der Waals surface area contributed by atoms with E-state index in [4.69, 9.17) is 20.1 Å². The number of carbonyl (C=O) groups is 3. The van der Waals surface area contributed by atoms with E-state index in [1.54, 1.807) is 0 Å². The molecule has 8 heteroatoms. The van der Waals surface area contributed by atoms with Gasteiger partial charge in [-0.3, -0.25) is 0 Å². The number of hydrogen-bond donors (Lipinski definition) is 4. The molecule has 1 unspecified atom stereocenters. The Morgan fingerprint density at radius 2 is 1.17 bits per heavy atom. The summed E-state index contributed by atoms with van der Waals surface area (Å²) in [6.07, 6.45) is 16.1. The smallest absolute Gasteiger partial charge is 0.336 e. The lowest BCUT2D eigenvalue weighted by atomic mass is 10.0. The number of aliphatic carboxylic acids is 2. The van der Waals surface area contributed by atoms with Gasteiger partial charge in [-0.2, -0.15) is 0 Å². The summed E-state index contributed by atoms with van der Waals surface area (Å²) in [5, 5.41) is 33.8. The molecule has 0 aromatic heterocycles. The van der Waals surface area contributed by atoms with Crippen LogP contribution in [0.15, 0.2) is 37.5 Å². The van der Waals surface area contributed by atoms with E-state index in [0.29, 0.717) is 13.0 Å². The van der Waals surface area contributed by atoms with Crippen LogP contribution in [0.3, 0.4) is 0 Å². The van der Waals surface area contributed by atoms with Gasteiger partial charge in [0.1, 0.15) is 0 Å². The summed E-state index contributed by atoms with van der Waals surface area (Å²) in [5.74, 6) is -2.44. The highest BCUT2D eigenvalue weighted by atomic mass is 16.5. The van der Waals surface area contributed by atoms with Crippen LogP contribution in [0.1, 0.15) is 96.8 Å². The molecule has 0 spiro atoms. The maximum atomic E-state index is 11.8. The van der Waals surface area contributed by atoms with Gasteiger partial charge < -0.3 is 25.2 Å². The van der Waals surface area contributed by atoms with E-state index in [0.717, 1.165) is 44.3 Å². The highest BCUT2D eigenvalue weighted by Crippen LogP contribution is 2.13. The number of aliphatic hydroxyl groups is 2. The number of ether oxygens (including phenoxy) is 1. The van der Waals surface area contributed by atoms with Gasteiger partial charge in [0.05, 0.1) is 18.3 Å². The SMILES string of the molecule is C=C(C(=O)OCCCCCCCCCCCC)C(O)CCCCCO.C=CC(=O)O.C=CC(=O)O. The number of carboxylic acids is 2. The summed E-state index contributed by atoms with van der Waals surface area (Å²) in [4.78, 5) is 30.3. The van der Waals surface area contributed by atoms with Gasteiger partial charge in [0.25, 0.3) is 0 Å². The van der Waals surface area contributed by atoms with Crippen molar-refractivity contribution < 1.29 is 39.5 Å². The first-order chi connectivity index (χ1) is 16.7. The Labute approximate surface area is 211 Å². The molecule has 0 aromatic rings. The predicted molar refractivity (Wildman–Crippen MR) is 139 cm³/mol. The number of aliphatic hydroxyl groups excluding tert-OH is 2. The number of rotatable bonds is 20. The summed E-state index contributed by atoms with van der Waals surface area (Å²) in [6, 6.07) is 0. The van der Waals surface area contributed by atoms with E-state index in [9.17, 15) is 19.5 Å². The van der Waals surface area contributed by atoms with E-state index in [1.807, 2.05) is 0 Å². The average Bonchev–Trinajstić information content (AvgIpc) is 2.85. The highest BCUT2D eigenvalue weighted by molar-refractivity contribution is 5.88. The van der Waals surface area contributed by atoms with Crippen molar-refractivity contribution in [1.29, 1.82) is 0 Å². The second kappa shape index (κ2) is 29.6. The molecule has 0 aliphatic rings. The van der Waals surface area contributed by atoms with Crippen molar-refractivity contribution in [3.63, 3.8) is 0 Å². The lowest BCUT2D eigenvalue weighted by molar-refractivity contribution is -0.140. The molecule has 0 amide bonds. The zero-order valence-corrected chi connectivity index (χ0v) is 21.6. The molecule has 0 aliphatic carbocycles. The maximum absolute atomic E-state index is 11.8. The van der Waals surface area contributed by atoms with Gasteiger partial charge in [-0.15, -0.1) is 0 Å². The Balaban J connectivity index is -0.000000853. The van der Waals surface area contributed by atoms with Crippen molar-refractivity contribution in [3.8, 4) is 0 Å². The van der Waals surface area contributed by atoms with Crippen LogP contribution in [-0.4, -0.2) is 57.7 Å². The van der Waals surface area contributed by atoms with Crippen molar-refractivity contribution in [2.24, 2.45) is 0 Å². The predicted octanol–water partition coefficient (Wildman–Crippen LogP) is 5.43. The van der Waals surface area contributed by atoms with Crippen LogP contribution < -0.4 is 0 Å². The quantitative estimate of drug-likeness (QED) is 0.0984. The minimum atomic E-state index is -0.981. The number of carboxylic acid groups (broad SMARTS) is 2. The number of unbranched alkanes of at least 4 members (excludes halogenated alkanes) is 11. The average molecular weight is 501 g/mol. The van der Waals surface area contributed by atoms with Crippen LogP contribution in [0.5, 0.6) is 0 Å². The Hall–Kier alpha value is -2.45. The van der Waals surface area contributed by atoms with Crippen molar-refractivity contribution in [2.45, 2.75) is 103 Å². The molecule has 0 aliphatic heterocycles. The first-order valence-electron chi connectivity index (χ1n) is 12.5. The summed E-state index contributed by atoms with van der Waals surface area (Å²) < 4.78 is 5.19. The summed E-state index contributed by atoms with van der Waals surface area (Å²) in [7, 11) is 0. The van der Waals surface area contributed by atoms with E-state index >= 15 is 0 Å². The fraction of sp³-hybridized carbons (Fsp3) is 0.667. The molecule has 0 saturated carbocycles. The van der Waals surface area contributed by atoms with E-state index in [1.165, 1.54) is 51.4 Å². The Kier molecular flexibility index (Phi) is 31.4. The monoisotopic (exact) mass is 500 g/mol. The molecule has 0 heterocycles. The number of hydrogen-bond acceptors (Lipinski definition) is 6. The van der Waals surface area contributed by atoms with Gasteiger partial charge >= 0.3 is 17.9 Å². The van der Waals surface area contributed by atoms with Gasteiger partial charge in [-0.25, -0.2) is 14.4 Å². The van der Waals surface area contributed by atoms with Crippen LogP contribution in [-0.2, 0) is 19.1 Å². The first-order valence-corrected chi connectivity index (χ1v) is 12.5. The standard InChI is InChI=1S/C21H40O4.2C3H4O2/c1-3-4-5-6-7-8-9-10-11-15-18-25-21(24)19(2)20(23)16-13-12-14-17-22;2*1-2-3(4)5/h20,22-23H,2-18H2,1H3;2*2H,1H2,(H,4,5). The van der Waals surface area contributed by atoms with Crippen molar-refractivity contribution in [3.05, 3.63) is 37.5 Å². The van der Waals surface area contributed by atoms with Gasteiger partial charge in [-0.05, 0) is 19.3 Å². The second-order valence-electron chi connectivity index (χ2n) is 8.02. The fourth-order valence-electron chi connectivity index (χ4n) is 2.78. The lowest BCUT2D eigenvalue weighted by Gasteiger charge is -2.13. The van der Waals surface area contributed by atoms with Crippen molar-refractivity contribution >= 4 is 17.9 Å². The molecule has 35 heavy (non-hydrogen) atoms. The zero-order chi connectivity index (χ0) is 27.3. The van der Waals surface area contributed by atoms with Crippen molar-refractivity contribution in [2.75, 3.05) is 13.2 Å². The Bertz CT molecular complexity index is 554. The topological polar surface area (TPSA) is 141 Å². The van der Waals surface area contributed by atoms with Gasteiger partial charge in [0.15, 0.2) is 0 Å². The van der Waals surface area contributed by atoms with Crippen LogP contribution in [0.2, 0.25) is 0 Å². The van der Waals surface area contributed by atoms with Crippen LogP contribution >= 0.6 is 0 Å². The second-order valence-corrected chi connectivity index (χ2v) is 8.02. The van der Waals surface area contributed by atoms with Crippen molar-refractivity contribution in [1.82, 2.24) is 0 Å². The highest BCUT2D eigenvalue weighted by Gasteiger charge is 2.17. The molecule has 0 bridgehead atoms. The van der Waals surface area contributed by atoms with Gasteiger partial charge in [-0.1, -0.05) is 97.3 Å². The molecular formula is C27H48O8. The Morgan fingerprint density at radius 1 is 0.771 bits per heavy atom. The third-order valence-corrected chi connectivity index (χ3v) is 4.88. The van der Waals surface area contributed by atoms with E-state index < -0.39 is 24.0 Å². The largest absolute Gasteiger partial charge is 0.478 e. The van der Waals surface area contributed by atoms with E-state index in [2.05, 4.69) is 26.7 Å². The molecule has 0 saturated heterocycles. The first kappa shape index (κ1) is 37.1. The van der Waals surface area contributed by atoms with Gasteiger partial charge in [0.2, 0.25) is 0 Å². The molecule has 0 rings (SSSR count). The molecule has 0 aromatic carbocycles. The van der Waals surface area contributed by atoms with Crippen LogP contribution in [0.25, 0.3) is 0 Å². The lowest BCUT2D eigenvalue weighted by Crippen LogP contribution is -2.19. The van der Waals surface area contributed by atoms with Gasteiger partial charge in [0, 0.05) is 18.8 Å². The van der Waals surface area contributed by atoms with Crippen LogP contribution in [0, 0.1) is 0 Å². The molecule has 8 nitrogen and oxygen atoms in total. The third-order valence-electron chi connectivity index (χ3n) is 4.88. The minimum absolute atomic E-state index is 0.149. The maximum Gasteiger partial charge on any atom is 0.336 e. The van der Waals surface area contributed by atoms with Crippen LogP contribution in [0.4, 0.5) is 0 Å². The minimum Gasteiger partial charge on any atom is -0.478 e. The molecule has 204 valence electrons. The normalized spacial score (nSPS) is 10.5. The number of carbonyl (C=O) groups excluding carboxylic acids is 1.